The Bertz CT molecular complexity index is 691. The van der Waals surface area contributed by atoms with Gasteiger partial charge in [0, 0.05) is 21.8 Å². The molecule has 4 nitrogen and oxygen atoms in total. The fraction of sp³-hybridized carbons (Fsp3) is 0.125. The third-order valence-electron chi connectivity index (χ3n) is 2.99. The molecule has 2 aromatic rings. The molecule has 0 atom stereocenters. The maximum absolute atomic E-state index is 12.2. The molecule has 0 saturated heterocycles. The van der Waals surface area contributed by atoms with E-state index in [1.165, 1.54) is 0 Å². The molecule has 0 aliphatic rings. The standard InChI is InChI=1S/C16H15ClN2O2/c1-10-6-13(8-14(17)7-10)16(20)18-15-5-3-4-12(9-15)11(2)19-21/h3-9,21H,1-2H3,(H,18,20)/b19-11-. The lowest BCUT2D eigenvalue weighted by Crippen LogP contribution is -2.12. The first kappa shape index (κ1) is 15.1. The number of carbonyl (C=O) groups excluding carboxylic acids is 1. The van der Waals surface area contributed by atoms with Crippen LogP contribution in [0.15, 0.2) is 47.6 Å². The van der Waals surface area contributed by atoms with Gasteiger partial charge in [-0.3, -0.25) is 4.79 Å². The van der Waals surface area contributed by atoms with Crippen molar-refractivity contribution in [2.75, 3.05) is 5.32 Å². The van der Waals surface area contributed by atoms with Crippen LogP contribution in [0.2, 0.25) is 5.02 Å². The minimum absolute atomic E-state index is 0.239. The Morgan fingerprint density at radius 3 is 2.62 bits per heavy atom. The molecule has 0 aliphatic carbocycles. The molecule has 2 N–H and O–H groups in total. The molecule has 108 valence electrons. The SMILES string of the molecule is C/C(=N/O)c1cccc(NC(=O)c2cc(C)cc(Cl)c2)c1. The van der Waals surface area contributed by atoms with Crippen molar-refractivity contribution in [1.29, 1.82) is 0 Å². The number of hydrogen-bond acceptors (Lipinski definition) is 3. The lowest BCUT2D eigenvalue weighted by molar-refractivity contribution is 0.102. The summed E-state index contributed by atoms with van der Waals surface area (Å²) in [7, 11) is 0. The second-order valence-electron chi connectivity index (χ2n) is 4.74. The van der Waals surface area contributed by atoms with Gasteiger partial charge in [-0.05, 0) is 49.7 Å². The Morgan fingerprint density at radius 1 is 1.19 bits per heavy atom. The van der Waals surface area contributed by atoms with Gasteiger partial charge in [-0.25, -0.2) is 0 Å². The Kier molecular flexibility index (Phi) is 4.60. The molecule has 0 fully saturated rings. The van der Waals surface area contributed by atoms with Crippen LogP contribution < -0.4 is 5.32 Å². The fourth-order valence-electron chi connectivity index (χ4n) is 1.95. The molecule has 0 unspecified atom stereocenters. The van der Waals surface area contributed by atoms with Crippen LogP contribution in [-0.4, -0.2) is 16.8 Å². The van der Waals surface area contributed by atoms with Crippen molar-refractivity contribution in [3.8, 4) is 0 Å². The molecule has 0 aliphatic heterocycles. The zero-order chi connectivity index (χ0) is 15.4. The molecule has 0 spiro atoms. The van der Waals surface area contributed by atoms with Gasteiger partial charge in [-0.15, -0.1) is 0 Å². The number of aryl methyl sites for hydroxylation is 1. The number of nitrogens with one attached hydrogen (secondary N) is 1. The lowest BCUT2D eigenvalue weighted by atomic mass is 10.1. The summed E-state index contributed by atoms with van der Waals surface area (Å²) in [6.07, 6.45) is 0. The van der Waals surface area contributed by atoms with Gasteiger partial charge in [0.15, 0.2) is 0 Å². The Labute approximate surface area is 128 Å². The molecule has 5 heteroatoms. The maximum atomic E-state index is 12.2. The van der Waals surface area contributed by atoms with Gasteiger partial charge in [0.1, 0.15) is 0 Å². The highest BCUT2D eigenvalue weighted by molar-refractivity contribution is 6.31. The summed E-state index contributed by atoms with van der Waals surface area (Å²) in [5.74, 6) is -0.239. The summed E-state index contributed by atoms with van der Waals surface area (Å²) < 4.78 is 0. The van der Waals surface area contributed by atoms with E-state index in [2.05, 4.69) is 10.5 Å². The quantitative estimate of drug-likeness (QED) is 0.509. The van der Waals surface area contributed by atoms with Crippen LogP contribution in [0, 0.1) is 6.92 Å². The first-order valence-electron chi connectivity index (χ1n) is 6.37. The zero-order valence-electron chi connectivity index (χ0n) is 11.7. The molecule has 0 aromatic heterocycles. The van der Waals surface area contributed by atoms with E-state index in [4.69, 9.17) is 16.8 Å². The first-order chi connectivity index (χ1) is 9.99. The normalized spacial score (nSPS) is 11.3. The van der Waals surface area contributed by atoms with Crippen molar-refractivity contribution in [2.45, 2.75) is 13.8 Å². The smallest absolute Gasteiger partial charge is 0.255 e. The summed E-state index contributed by atoms with van der Waals surface area (Å²) in [4.78, 5) is 12.2. The Balaban J connectivity index is 2.23. The number of amides is 1. The number of hydrogen-bond donors (Lipinski definition) is 2. The van der Waals surface area contributed by atoms with Gasteiger partial charge in [0.25, 0.3) is 5.91 Å². The summed E-state index contributed by atoms with van der Waals surface area (Å²) in [5.41, 5.74) is 3.25. The highest BCUT2D eigenvalue weighted by atomic mass is 35.5. The number of nitrogens with zero attached hydrogens (tertiary/aromatic N) is 1. The van der Waals surface area contributed by atoms with Crippen molar-refractivity contribution in [2.24, 2.45) is 5.16 Å². The van der Waals surface area contributed by atoms with E-state index in [1.54, 1.807) is 49.4 Å². The van der Waals surface area contributed by atoms with Crippen molar-refractivity contribution >= 4 is 28.9 Å². The predicted molar refractivity (Wildman–Crippen MR) is 84.6 cm³/mol. The number of benzene rings is 2. The molecule has 0 bridgehead atoms. The summed E-state index contributed by atoms with van der Waals surface area (Å²) in [6.45, 7) is 3.56. The summed E-state index contributed by atoms with van der Waals surface area (Å²) in [6, 6.07) is 12.3. The minimum Gasteiger partial charge on any atom is -0.411 e. The maximum Gasteiger partial charge on any atom is 0.255 e. The minimum atomic E-state index is -0.239. The summed E-state index contributed by atoms with van der Waals surface area (Å²) >= 11 is 5.96. The highest BCUT2D eigenvalue weighted by Gasteiger charge is 2.08. The Hall–Kier alpha value is -2.33. The number of rotatable bonds is 3. The van der Waals surface area contributed by atoms with Crippen molar-refractivity contribution in [1.82, 2.24) is 0 Å². The Morgan fingerprint density at radius 2 is 1.95 bits per heavy atom. The van der Waals surface area contributed by atoms with Gasteiger partial charge in [-0.2, -0.15) is 0 Å². The average molecular weight is 303 g/mol. The molecular weight excluding hydrogens is 288 g/mol. The van der Waals surface area contributed by atoms with E-state index in [1.807, 2.05) is 6.92 Å². The molecule has 0 radical (unpaired) electrons. The van der Waals surface area contributed by atoms with E-state index in [0.717, 1.165) is 11.1 Å². The predicted octanol–water partition coefficient (Wildman–Crippen LogP) is 4.10. The van der Waals surface area contributed by atoms with Gasteiger partial charge < -0.3 is 10.5 Å². The largest absolute Gasteiger partial charge is 0.411 e. The fourth-order valence-corrected chi connectivity index (χ4v) is 2.24. The van der Waals surface area contributed by atoms with Crippen LogP contribution >= 0.6 is 11.6 Å². The molecule has 0 saturated carbocycles. The van der Waals surface area contributed by atoms with Gasteiger partial charge in [0.2, 0.25) is 0 Å². The van der Waals surface area contributed by atoms with Gasteiger partial charge in [-0.1, -0.05) is 28.9 Å². The number of anilines is 1. The molecule has 21 heavy (non-hydrogen) atoms. The van der Waals surface area contributed by atoms with E-state index >= 15 is 0 Å². The van der Waals surface area contributed by atoms with Crippen LogP contribution in [0.5, 0.6) is 0 Å². The van der Waals surface area contributed by atoms with Gasteiger partial charge >= 0.3 is 0 Å². The molecule has 0 heterocycles. The summed E-state index contributed by atoms with van der Waals surface area (Å²) in [5, 5.41) is 15.3. The number of halogens is 1. The third kappa shape index (κ3) is 3.83. The molecule has 2 rings (SSSR count). The van der Waals surface area contributed by atoms with Crippen LogP contribution in [0.25, 0.3) is 0 Å². The lowest BCUT2D eigenvalue weighted by Gasteiger charge is -2.08. The average Bonchev–Trinajstić information content (AvgIpc) is 2.45. The molecular formula is C16H15ClN2O2. The van der Waals surface area contributed by atoms with Crippen LogP contribution in [0.4, 0.5) is 5.69 Å². The third-order valence-corrected chi connectivity index (χ3v) is 3.21. The molecule has 2 aromatic carbocycles. The topological polar surface area (TPSA) is 61.7 Å². The first-order valence-corrected chi connectivity index (χ1v) is 6.75. The second kappa shape index (κ2) is 6.41. The monoisotopic (exact) mass is 302 g/mol. The van der Waals surface area contributed by atoms with Crippen LogP contribution in [0.1, 0.15) is 28.4 Å². The van der Waals surface area contributed by atoms with E-state index in [0.29, 0.717) is 22.0 Å². The second-order valence-corrected chi connectivity index (χ2v) is 5.17. The van der Waals surface area contributed by atoms with Crippen molar-refractivity contribution < 1.29 is 10.0 Å². The van der Waals surface area contributed by atoms with Crippen LogP contribution in [-0.2, 0) is 0 Å². The van der Waals surface area contributed by atoms with E-state index in [-0.39, 0.29) is 5.91 Å². The van der Waals surface area contributed by atoms with Crippen molar-refractivity contribution in [3.63, 3.8) is 0 Å². The molecule has 1 amide bonds. The van der Waals surface area contributed by atoms with Crippen LogP contribution in [0.3, 0.4) is 0 Å². The van der Waals surface area contributed by atoms with Crippen molar-refractivity contribution in [3.05, 3.63) is 64.2 Å². The van der Waals surface area contributed by atoms with E-state index < -0.39 is 0 Å². The number of oxime groups is 1. The zero-order valence-corrected chi connectivity index (χ0v) is 12.5. The highest BCUT2D eigenvalue weighted by Crippen LogP contribution is 2.17. The van der Waals surface area contributed by atoms with Gasteiger partial charge in [0.05, 0.1) is 5.71 Å². The van der Waals surface area contributed by atoms with E-state index in [9.17, 15) is 4.79 Å². The number of carbonyl (C=O) groups is 1.